The number of halogens is 2. The van der Waals surface area contributed by atoms with Gasteiger partial charge in [0.1, 0.15) is 6.33 Å². The van der Waals surface area contributed by atoms with E-state index < -0.39 is 4.92 Å². The third-order valence-electron chi connectivity index (χ3n) is 3.11. The van der Waals surface area contributed by atoms with E-state index in [0.29, 0.717) is 21.4 Å². The molecule has 0 radical (unpaired) electrons. The van der Waals surface area contributed by atoms with E-state index in [0.717, 1.165) is 0 Å². The average Bonchev–Trinajstić information content (AvgIpc) is 2.59. The molecule has 3 aromatic rings. The number of hydrogen-bond donors (Lipinski definition) is 2. The van der Waals surface area contributed by atoms with Gasteiger partial charge in [0.05, 0.1) is 27.5 Å². The van der Waals surface area contributed by atoms with Gasteiger partial charge in [0.15, 0.2) is 0 Å². The normalized spacial score (nSPS) is 10.3. The quantitative estimate of drug-likeness (QED) is 0.495. The maximum atomic E-state index is 11.5. The summed E-state index contributed by atoms with van der Waals surface area (Å²) in [5.74, 6) is 0.00390. The molecule has 10 heteroatoms. The monoisotopic (exact) mass is 376 g/mol. The Balaban J connectivity index is 2.01. The van der Waals surface area contributed by atoms with Crippen LogP contribution in [0, 0.1) is 10.1 Å². The molecule has 0 unspecified atom stereocenters. The van der Waals surface area contributed by atoms with E-state index >= 15 is 0 Å². The van der Waals surface area contributed by atoms with Gasteiger partial charge in [0.25, 0.3) is 0 Å². The minimum absolute atomic E-state index is 0.0180. The first-order valence-corrected chi connectivity index (χ1v) is 7.68. The number of benzene rings is 1. The number of nitrogens with zero attached hydrogens (tertiary/aromatic N) is 4. The highest BCUT2D eigenvalue weighted by Gasteiger charge is 2.24. The van der Waals surface area contributed by atoms with E-state index in [2.05, 4.69) is 25.6 Å². The molecule has 0 fully saturated rings. The van der Waals surface area contributed by atoms with Gasteiger partial charge in [-0.05, 0) is 30.3 Å². The molecule has 1 aromatic carbocycles. The van der Waals surface area contributed by atoms with E-state index in [4.69, 9.17) is 23.2 Å². The lowest BCUT2D eigenvalue weighted by Gasteiger charge is -2.11. The lowest BCUT2D eigenvalue weighted by Crippen LogP contribution is -2.05. The average molecular weight is 377 g/mol. The van der Waals surface area contributed by atoms with Crippen molar-refractivity contribution in [3.63, 3.8) is 0 Å². The molecule has 3 rings (SSSR count). The van der Waals surface area contributed by atoms with Gasteiger partial charge in [0, 0.05) is 11.2 Å². The maximum absolute atomic E-state index is 11.5. The molecule has 0 amide bonds. The van der Waals surface area contributed by atoms with Crippen LogP contribution in [0.3, 0.4) is 0 Å². The van der Waals surface area contributed by atoms with Gasteiger partial charge in [-0.3, -0.25) is 15.1 Å². The summed E-state index contributed by atoms with van der Waals surface area (Å²) in [7, 11) is 0. The van der Waals surface area contributed by atoms with Crippen molar-refractivity contribution < 1.29 is 4.92 Å². The Morgan fingerprint density at radius 2 is 1.84 bits per heavy atom. The van der Waals surface area contributed by atoms with Gasteiger partial charge in [-0.15, -0.1) is 0 Å². The first-order valence-electron chi connectivity index (χ1n) is 6.93. The SMILES string of the molecule is O=[N+]([O-])c1c(Nc2cccnc2)ncnc1Nc1cc(Cl)ccc1Cl. The highest BCUT2D eigenvalue weighted by atomic mass is 35.5. The summed E-state index contributed by atoms with van der Waals surface area (Å²) in [5, 5.41) is 18.0. The smallest absolute Gasteiger partial charge is 0.333 e. The Labute approximate surface area is 152 Å². The molecule has 2 aromatic heterocycles. The Morgan fingerprint density at radius 1 is 1.08 bits per heavy atom. The van der Waals surface area contributed by atoms with E-state index in [1.54, 1.807) is 36.5 Å². The van der Waals surface area contributed by atoms with Crippen molar-refractivity contribution >= 4 is 51.9 Å². The van der Waals surface area contributed by atoms with Crippen molar-refractivity contribution in [2.24, 2.45) is 0 Å². The number of rotatable bonds is 5. The fraction of sp³-hybridized carbons (Fsp3) is 0. The van der Waals surface area contributed by atoms with E-state index in [1.165, 1.54) is 12.5 Å². The number of hydrogen-bond acceptors (Lipinski definition) is 7. The summed E-state index contributed by atoms with van der Waals surface area (Å²) < 4.78 is 0. The Kier molecular flexibility index (Phi) is 4.92. The van der Waals surface area contributed by atoms with E-state index in [9.17, 15) is 10.1 Å². The summed E-state index contributed by atoms with van der Waals surface area (Å²) in [4.78, 5) is 22.8. The Morgan fingerprint density at radius 3 is 2.52 bits per heavy atom. The van der Waals surface area contributed by atoms with E-state index in [1.807, 2.05) is 0 Å². The molecule has 0 aliphatic carbocycles. The first kappa shape index (κ1) is 16.9. The van der Waals surface area contributed by atoms with Crippen molar-refractivity contribution in [3.05, 3.63) is 69.2 Å². The van der Waals surface area contributed by atoms with E-state index in [-0.39, 0.29) is 17.3 Å². The van der Waals surface area contributed by atoms with Gasteiger partial charge < -0.3 is 10.6 Å². The lowest BCUT2D eigenvalue weighted by molar-refractivity contribution is -0.383. The third-order valence-corrected chi connectivity index (χ3v) is 3.68. The zero-order valence-corrected chi connectivity index (χ0v) is 14.0. The van der Waals surface area contributed by atoms with Crippen molar-refractivity contribution in [1.29, 1.82) is 0 Å². The van der Waals surface area contributed by atoms with Crippen molar-refractivity contribution in [1.82, 2.24) is 15.0 Å². The summed E-state index contributed by atoms with van der Waals surface area (Å²) in [5.41, 5.74) is 0.613. The number of pyridine rings is 1. The molecule has 0 aliphatic heterocycles. The minimum atomic E-state index is -0.584. The largest absolute Gasteiger partial charge is 0.353 e. The molecule has 0 atom stereocenters. The second-order valence-corrected chi connectivity index (χ2v) is 5.64. The third kappa shape index (κ3) is 3.93. The number of aromatic nitrogens is 3. The molecule has 25 heavy (non-hydrogen) atoms. The summed E-state index contributed by atoms with van der Waals surface area (Å²) >= 11 is 12.0. The Bertz CT molecular complexity index is 923. The summed E-state index contributed by atoms with van der Waals surface area (Å²) in [6, 6.07) is 8.14. The number of nitrogens with one attached hydrogen (secondary N) is 2. The molecule has 0 saturated carbocycles. The summed E-state index contributed by atoms with van der Waals surface area (Å²) in [6.45, 7) is 0. The molecule has 8 nitrogen and oxygen atoms in total. The van der Waals surface area contributed by atoms with Crippen LogP contribution in [0.1, 0.15) is 0 Å². The molecular formula is C15H10Cl2N6O2. The predicted octanol–water partition coefficient (Wildman–Crippen LogP) is 4.57. The first-order chi connectivity index (χ1) is 12.0. The zero-order valence-electron chi connectivity index (χ0n) is 12.5. The van der Waals surface area contributed by atoms with Gasteiger partial charge in [-0.25, -0.2) is 9.97 Å². The lowest BCUT2D eigenvalue weighted by atomic mass is 10.3. The molecule has 0 aliphatic rings. The molecule has 126 valence electrons. The van der Waals surface area contributed by atoms with Crippen LogP contribution in [0.25, 0.3) is 0 Å². The van der Waals surface area contributed by atoms with Crippen molar-refractivity contribution in [3.8, 4) is 0 Å². The molecule has 0 saturated heterocycles. The van der Waals surface area contributed by atoms with Crippen LogP contribution in [-0.2, 0) is 0 Å². The highest BCUT2D eigenvalue weighted by Crippen LogP contribution is 2.35. The molecule has 0 spiro atoms. The fourth-order valence-corrected chi connectivity index (χ4v) is 2.37. The van der Waals surface area contributed by atoms with Crippen molar-refractivity contribution in [2.45, 2.75) is 0 Å². The van der Waals surface area contributed by atoms with Gasteiger partial charge >= 0.3 is 5.69 Å². The summed E-state index contributed by atoms with van der Waals surface area (Å²) in [6.07, 6.45) is 4.31. The van der Waals surface area contributed by atoms with Gasteiger partial charge in [-0.2, -0.15) is 0 Å². The van der Waals surface area contributed by atoms with Crippen LogP contribution >= 0.6 is 23.2 Å². The van der Waals surface area contributed by atoms with Crippen LogP contribution in [0.4, 0.5) is 28.7 Å². The molecule has 2 heterocycles. The molecular weight excluding hydrogens is 367 g/mol. The second-order valence-electron chi connectivity index (χ2n) is 4.79. The minimum Gasteiger partial charge on any atom is -0.333 e. The van der Waals surface area contributed by atoms with Crippen LogP contribution in [0.15, 0.2) is 49.1 Å². The predicted molar refractivity (Wildman–Crippen MR) is 96.0 cm³/mol. The maximum Gasteiger partial charge on any atom is 0.353 e. The molecule has 0 bridgehead atoms. The zero-order chi connectivity index (χ0) is 17.8. The van der Waals surface area contributed by atoms with Crippen LogP contribution in [0.2, 0.25) is 10.0 Å². The van der Waals surface area contributed by atoms with Crippen LogP contribution < -0.4 is 10.6 Å². The second kappa shape index (κ2) is 7.29. The van der Waals surface area contributed by atoms with Crippen molar-refractivity contribution in [2.75, 3.05) is 10.6 Å². The Hall–Kier alpha value is -2.97. The van der Waals surface area contributed by atoms with Crippen LogP contribution in [-0.4, -0.2) is 19.9 Å². The molecule has 2 N–H and O–H groups in total. The fourth-order valence-electron chi connectivity index (χ4n) is 2.03. The topological polar surface area (TPSA) is 106 Å². The van der Waals surface area contributed by atoms with Gasteiger partial charge in [-0.1, -0.05) is 23.2 Å². The number of anilines is 4. The standard InChI is InChI=1S/C15H10Cl2N6O2/c16-9-3-4-11(17)12(6-9)22-15-13(23(24)25)14(19-8-20-15)21-10-2-1-5-18-7-10/h1-8H,(H2,19,20,21,22). The van der Waals surface area contributed by atoms with Crippen LogP contribution in [0.5, 0.6) is 0 Å². The highest BCUT2D eigenvalue weighted by molar-refractivity contribution is 6.35. The number of nitro groups is 1. The van der Waals surface area contributed by atoms with Gasteiger partial charge in [0.2, 0.25) is 11.6 Å².